The summed E-state index contributed by atoms with van der Waals surface area (Å²) in [5.41, 5.74) is -0.974. The minimum absolute atomic E-state index is 0.0609. The third-order valence-corrected chi connectivity index (χ3v) is 6.33. The summed E-state index contributed by atoms with van der Waals surface area (Å²) < 4.78 is 53.7. The average Bonchev–Trinajstić information content (AvgIpc) is 2.69. The molecule has 11 heteroatoms. The Kier molecular flexibility index (Phi) is 5.38. The van der Waals surface area contributed by atoms with Gasteiger partial charge in [0, 0.05) is 32.2 Å². The summed E-state index contributed by atoms with van der Waals surface area (Å²) in [5.74, 6) is -3.16. The molecule has 1 heterocycles. The first kappa shape index (κ1) is 19.8. The van der Waals surface area contributed by atoms with Crippen LogP contribution in [0.3, 0.4) is 0 Å². The maximum Gasteiger partial charge on any atom is 0.289 e. The molecule has 8 nitrogen and oxygen atoms in total. The Balaban J connectivity index is 1.78. The van der Waals surface area contributed by atoms with E-state index in [1.807, 2.05) is 0 Å². The van der Waals surface area contributed by atoms with Crippen LogP contribution >= 0.6 is 0 Å². The molecule has 1 aliphatic heterocycles. The van der Waals surface area contributed by atoms with E-state index in [1.54, 1.807) is 0 Å². The molecular formula is C17H15F2N3O5S. The Morgan fingerprint density at radius 1 is 1.00 bits per heavy atom. The summed E-state index contributed by atoms with van der Waals surface area (Å²) in [6, 6.07) is 8.24. The summed E-state index contributed by atoms with van der Waals surface area (Å²) in [4.78, 5) is 23.5. The van der Waals surface area contributed by atoms with Crippen molar-refractivity contribution in [2.24, 2.45) is 0 Å². The monoisotopic (exact) mass is 411 g/mol. The number of carbonyl (C=O) groups excluding carboxylic acids is 1. The van der Waals surface area contributed by atoms with Gasteiger partial charge in [-0.15, -0.1) is 0 Å². The number of halogens is 2. The molecule has 0 saturated carbocycles. The van der Waals surface area contributed by atoms with Crippen molar-refractivity contribution in [3.05, 3.63) is 69.8 Å². The summed E-state index contributed by atoms with van der Waals surface area (Å²) in [6.45, 7) is -0.378. The zero-order valence-electron chi connectivity index (χ0n) is 14.4. The fourth-order valence-corrected chi connectivity index (χ4v) is 4.52. The smallest absolute Gasteiger partial charge is 0.289 e. The van der Waals surface area contributed by atoms with E-state index in [0.29, 0.717) is 0 Å². The lowest BCUT2D eigenvalue weighted by Crippen LogP contribution is -2.50. The predicted octanol–water partition coefficient (Wildman–Crippen LogP) is 2.02. The molecule has 3 rings (SSSR count). The maximum absolute atomic E-state index is 13.8. The van der Waals surface area contributed by atoms with Gasteiger partial charge in [0.15, 0.2) is 16.5 Å². The molecule has 1 fully saturated rings. The molecule has 0 spiro atoms. The van der Waals surface area contributed by atoms with Crippen molar-refractivity contribution < 1.29 is 26.9 Å². The first-order valence-electron chi connectivity index (χ1n) is 8.20. The zero-order chi connectivity index (χ0) is 20.5. The quantitative estimate of drug-likeness (QED) is 0.566. The lowest BCUT2D eigenvalue weighted by molar-refractivity contribution is -0.387. The minimum atomic E-state index is -4.15. The molecule has 1 saturated heterocycles. The molecular weight excluding hydrogens is 396 g/mol. The second kappa shape index (κ2) is 7.60. The fraction of sp³-hybridized carbons (Fsp3) is 0.235. The maximum atomic E-state index is 13.8. The third-order valence-electron chi connectivity index (χ3n) is 4.39. The number of nitrogens with zero attached hydrogens (tertiary/aromatic N) is 3. The first-order chi connectivity index (χ1) is 13.2. The molecule has 28 heavy (non-hydrogen) atoms. The van der Waals surface area contributed by atoms with Gasteiger partial charge in [-0.05, 0) is 18.2 Å². The lowest BCUT2D eigenvalue weighted by atomic mass is 10.1. The van der Waals surface area contributed by atoms with Gasteiger partial charge in [0.25, 0.3) is 11.6 Å². The molecule has 0 atom stereocenters. The number of benzene rings is 2. The molecule has 2 aromatic rings. The number of carbonyl (C=O) groups is 1. The van der Waals surface area contributed by atoms with Gasteiger partial charge in [-0.25, -0.2) is 17.2 Å². The van der Waals surface area contributed by atoms with Crippen LogP contribution < -0.4 is 0 Å². The third kappa shape index (κ3) is 3.58. The van der Waals surface area contributed by atoms with Gasteiger partial charge in [-0.2, -0.15) is 4.31 Å². The number of hydrogen-bond donors (Lipinski definition) is 0. The van der Waals surface area contributed by atoms with Crippen LogP contribution in [0.5, 0.6) is 0 Å². The van der Waals surface area contributed by atoms with Gasteiger partial charge in [-0.1, -0.05) is 18.2 Å². The van der Waals surface area contributed by atoms with Crippen molar-refractivity contribution in [1.82, 2.24) is 9.21 Å². The van der Waals surface area contributed by atoms with E-state index in [1.165, 1.54) is 23.1 Å². The highest BCUT2D eigenvalue weighted by Crippen LogP contribution is 2.27. The van der Waals surface area contributed by atoms with Crippen LogP contribution in [0.15, 0.2) is 47.4 Å². The van der Waals surface area contributed by atoms with Gasteiger partial charge in [-0.3, -0.25) is 14.9 Å². The van der Waals surface area contributed by atoms with Crippen LogP contribution in [0, 0.1) is 21.7 Å². The van der Waals surface area contributed by atoms with Gasteiger partial charge in [0.2, 0.25) is 10.0 Å². The van der Waals surface area contributed by atoms with Crippen molar-refractivity contribution in [3.8, 4) is 0 Å². The van der Waals surface area contributed by atoms with Crippen LogP contribution in [0.2, 0.25) is 0 Å². The number of hydrogen-bond acceptors (Lipinski definition) is 5. The lowest BCUT2D eigenvalue weighted by Gasteiger charge is -2.34. The number of para-hydroxylation sites is 1. The topological polar surface area (TPSA) is 101 Å². The van der Waals surface area contributed by atoms with Crippen LogP contribution in [0.1, 0.15) is 10.4 Å². The Hall–Kier alpha value is -2.92. The van der Waals surface area contributed by atoms with Crippen LogP contribution in [0.4, 0.5) is 14.5 Å². The molecule has 1 aliphatic rings. The first-order valence-corrected chi connectivity index (χ1v) is 9.64. The van der Waals surface area contributed by atoms with E-state index in [9.17, 15) is 32.1 Å². The predicted molar refractivity (Wildman–Crippen MR) is 94.1 cm³/mol. The van der Waals surface area contributed by atoms with E-state index in [2.05, 4.69) is 0 Å². The minimum Gasteiger partial charge on any atom is -0.336 e. The molecule has 0 aromatic heterocycles. The van der Waals surface area contributed by atoms with Crippen molar-refractivity contribution in [1.29, 1.82) is 0 Å². The summed E-state index contributed by atoms with van der Waals surface area (Å²) in [6.07, 6.45) is 0. The molecule has 0 unspecified atom stereocenters. The highest BCUT2D eigenvalue weighted by atomic mass is 32.2. The van der Waals surface area contributed by atoms with E-state index >= 15 is 0 Å². The van der Waals surface area contributed by atoms with Crippen molar-refractivity contribution in [2.45, 2.75) is 4.90 Å². The van der Waals surface area contributed by atoms with Gasteiger partial charge in [0.1, 0.15) is 0 Å². The normalized spacial score (nSPS) is 15.4. The number of amides is 1. The molecule has 0 N–H and O–H groups in total. The summed E-state index contributed by atoms with van der Waals surface area (Å²) in [5, 5.41) is 11.1. The zero-order valence-corrected chi connectivity index (χ0v) is 15.2. The SMILES string of the molecule is O=C(c1cccc(F)c1F)N1CCN(S(=O)(=O)c2ccccc2[N+](=O)[O-])CC1. The van der Waals surface area contributed by atoms with Gasteiger partial charge >= 0.3 is 0 Å². The van der Waals surface area contributed by atoms with Crippen molar-refractivity contribution >= 4 is 21.6 Å². The van der Waals surface area contributed by atoms with Crippen molar-refractivity contribution in [2.75, 3.05) is 26.2 Å². The fourth-order valence-electron chi connectivity index (χ4n) is 2.94. The average molecular weight is 411 g/mol. The molecule has 1 amide bonds. The number of piperazine rings is 1. The van der Waals surface area contributed by atoms with Gasteiger partial charge in [0.05, 0.1) is 10.5 Å². The Morgan fingerprint density at radius 2 is 1.64 bits per heavy atom. The van der Waals surface area contributed by atoms with Crippen LogP contribution in [-0.2, 0) is 10.0 Å². The molecule has 2 aromatic carbocycles. The second-order valence-electron chi connectivity index (χ2n) is 6.02. The van der Waals surface area contributed by atoms with Crippen molar-refractivity contribution in [3.63, 3.8) is 0 Å². The van der Waals surface area contributed by atoms with E-state index in [4.69, 9.17) is 0 Å². The van der Waals surface area contributed by atoms with Crippen LogP contribution in [-0.4, -0.2) is 54.6 Å². The number of nitro groups is 1. The second-order valence-corrected chi connectivity index (χ2v) is 7.93. The highest BCUT2D eigenvalue weighted by molar-refractivity contribution is 7.89. The van der Waals surface area contributed by atoms with E-state index in [-0.39, 0.29) is 26.2 Å². The molecule has 0 bridgehead atoms. The Labute approximate surface area is 159 Å². The highest BCUT2D eigenvalue weighted by Gasteiger charge is 2.35. The Morgan fingerprint density at radius 3 is 2.29 bits per heavy atom. The van der Waals surface area contributed by atoms with E-state index in [0.717, 1.165) is 28.6 Å². The largest absolute Gasteiger partial charge is 0.336 e. The van der Waals surface area contributed by atoms with Gasteiger partial charge < -0.3 is 4.90 Å². The number of sulfonamides is 1. The number of nitro benzene ring substituents is 1. The molecule has 0 aliphatic carbocycles. The van der Waals surface area contributed by atoms with E-state index < -0.39 is 48.6 Å². The Bertz CT molecular complexity index is 1040. The van der Waals surface area contributed by atoms with Crippen LogP contribution in [0.25, 0.3) is 0 Å². The molecule has 148 valence electrons. The number of rotatable bonds is 4. The molecule has 0 radical (unpaired) electrons. The summed E-state index contributed by atoms with van der Waals surface area (Å²) in [7, 11) is -4.15. The standard InChI is InChI=1S/C17H15F2N3O5S/c18-13-5-3-4-12(16(13)19)17(23)20-8-10-21(11-9-20)28(26,27)15-7-2-1-6-14(15)22(24)25/h1-7H,8-11H2. The summed E-state index contributed by atoms with van der Waals surface area (Å²) >= 11 is 0.